The molecule has 57 heavy (non-hydrogen) atoms. The molecule has 2 unspecified atom stereocenters. The van der Waals surface area contributed by atoms with Gasteiger partial charge in [-0.2, -0.15) is 0 Å². The number of aliphatic carboxylic acids is 1. The van der Waals surface area contributed by atoms with Crippen molar-refractivity contribution in [1.82, 2.24) is 0 Å². The number of allylic oxidation sites excluding steroid dienone is 16. The number of nitrogens with zero attached hydrogens (tertiary/aromatic N) is 1. The van der Waals surface area contributed by atoms with Gasteiger partial charge >= 0.3 is 11.9 Å². The van der Waals surface area contributed by atoms with Crippen LogP contribution in [-0.4, -0.2) is 82.3 Å². The number of esters is 2. The van der Waals surface area contributed by atoms with Crippen LogP contribution in [-0.2, 0) is 33.3 Å². The van der Waals surface area contributed by atoms with Gasteiger partial charge in [-0.15, -0.1) is 0 Å². The third kappa shape index (κ3) is 40.2. The van der Waals surface area contributed by atoms with Gasteiger partial charge in [0.05, 0.1) is 40.3 Å². The van der Waals surface area contributed by atoms with Crippen molar-refractivity contribution in [3.63, 3.8) is 0 Å². The van der Waals surface area contributed by atoms with E-state index in [0.717, 1.165) is 83.5 Å². The summed E-state index contributed by atoms with van der Waals surface area (Å²) in [6.07, 6.45) is 47.4. The zero-order chi connectivity index (χ0) is 42.1. The van der Waals surface area contributed by atoms with Crippen LogP contribution in [0.1, 0.15) is 129 Å². The van der Waals surface area contributed by atoms with E-state index in [1.807, 2.05) is 33.3 Å². The van der Waals surface area contributed by atoms with Crippen LogP contribution in [0.4, 0.5) is 0 Å². The van der Waals surface area contributed by atoms with Gasteiger partial charge in [0.1, 0.15) is 13.2 Å². The molecular weight excluding hydrogens is 719 g/mol. The number of hydrogen-bond donors (Lipinski definition) is 0. The highest BCUT2D eigenvalue weighted by Crippen LogP contribution is 2.10. The lowest BCUT2D eigenvalue weighted by Gasteiger charge is -2.26. The normalized spacial score (nSPS) is 13.9. The summed E-state index contributed by atoms with van der Waals surface area (Å²) in [5, 5.41) is 11.7. The molecule has 9 nitrogen and oxygen atoms in total. The fraction of sp³-hybridized carbons (Fsp3) is 0.604. The zero-order valence-electron chi connectivity index (χ0n) is 36.2. The molecule has 0 radical (unpaired) electrons. The Morgan fingerprint density at radius 1 is 0.544 bits per heavy atom. The van der Waals surface area contributed by atoms with E-state index in [2.05, 4.69) is 98.9 Å². The van der Waals surface area contributed by atoms with Crippen LogP contribution in [0.2, 0.25) is 0 Å². The number of ether oxygens (including phenoxy) is 4. The first-order chi connectivity index (χ1) is 27.6. The predicted octanol–water partition coefficient (Wildman–Crippen LogP) is 9.77. The van der Waals surface area contributed by atoms with Crippen molar-refractivity contribution in [2.45, 2.75) is 142 Å². The van der Waals surface area contributed by atoms with Crippen LogP contribution in [0.15, 0.2) is 97.2 Å². The first kappa shape index (κ1) is 53.2. The van der Waals surface area contributed by atoms with E-state index in [4.69, 9.17) is 18.9 Å². The molecule has 0 aromatic carbocycles. The predicted molar refractivity (Wildman–Crippen MR) is 232 cm³/mol. The molecule has 0 saturated heterocycles. The Kier molecular flexibility index (Phi) is 36.5. The molecule has 0 fully saturated rings. The minimum absolute atomic E-state index is 0.113. The molecule has 0 aromatic heterocycles. The number of likely N-dealkylation sites (N-methyl/N-ethyl adjacent to an activating group) is 1. The fourth-order valence-electron chi connectivity index (χ4n) is 5.01. The van der Waals surface area contributed by atoms with Crippen molar-refractivity contribution in [1.29, 1.82) is 0 Å². The summed E-state index contributed by atoms with van der Waals surface area (Å²) in [6, 6.07) is 0. The van der Waals surface area contributed by atoms with Gasteiger partial charge in [0.15, 0.2) is 12.4 Å². The maximum atomic E-state index is 12.7. The molecule has 0 N–H and O–H groups in total. The third-order valence-electron chi connectivity index (χ3n) is 8.31. The second-order valence-electron chi connectivity index (χ2n) is 14.9. The molecule has 0 amide bonds. The molecule has 0 aliphatic carbocycles. The van der Waals surface area contributed by atoms with Crippen LogP contribution in [0.3, 0.4) is 0 Å². The Hall–Kier alpha value is -3.79. The van der Waals surface area contributed by atoms with E-state index >= 15 is 0 Å². The molecule has 0 saturated carbocycles. The number of carboxylic acids is 1. The summed E-state index contributed by atoms with van der Waals surface area (Å²) < 4.78 is 22.4. The summed E-state index contributed by atoms with van der Waals surface area (Å²) in [5.74, 6) is -2.44. The van der Waals surface area contributed by atoms with Gasteiger partial charge in [-0.05, 0) is 77.0 Å². The first-order valence-electron chi connectivity index (χ1n) is 21.4. The van der Waals surface area contributed by atoms with Crippen LogP contribution >= 0.6 is 0 Å². The average molecular weight is 796 g/mol. The monoisotopic (exact) mass is 796 g/mol. The number of quaternary nitrogens is 1. The smallest absolute Gasteiger partial charge is 0.306 e. The van der Waals surface area contributed by atoms with E-state index in [9.17, 15) is 19.5 Å². The molecule has 9 heteroatoms. The minimum Gasteiger partial charge on any atom is -0.545 e. The molecule has 322 valence electrons. The lowest BCUT2D eigenvalue weighted by Crippen LogP contribution is -2.44. The van der Waals surface area contributed by atoms with Gasteiger partial charge < -0.3 is 33.3 Å². The van der Waals surface area contributed by atoms with Gasteiger partial charge in [-0.3, -0.25) is 9.59 Å². The molecule has 0 rings (SSSR count). The van der Waals surface area contributed by atoms with Crippen molar-refractivity contribution in [2.24, 2.45) is 0 Å². The summed E-state index contributed by atoms with van der Waals surface area (Å²) >= 11 is 0. The average Bonchev–Trinajstić information content (AvgIpc) is 3.17. The van der Waals surface area contributed by atoms with Crippen molar-refractivity contribution in [3.05, 3.63) is 97.2 Å². The Balaban J connectivity index is 4.65. The van der Waals surface area contributed by atoms with Crippen LogP contribution in [0.5, 0.6) is 0 Å². The lowest BCUT2D eigenvalue weighted by molar-refractivity contribution is -0.870. The van der Waals surface area contributed by atoms with Crippen molar-refractivity contribution < 1.29 is 42.9 Å². The number of carboxylic acid groups (broad SMARTS) is 1. The van der Waals surface area contributed by atoms with Gasteiger partial charge in [0, 0.05) is 12.8 Å². The van der Waals surface area contributed by atoms with E-state index < -0.39 is 30.3 Å². The van der Waals surface area contributed by atoms with Crippen molar-refractivity contribution >= 4 is 17.9 Å². The Bertz CT molecular complexity index is 1250. The van der Waals surface area contributed by atoms with Crippen LogP contribution < -0.4 is 5.11 Å². The zero-order valence-corrected chi connectivity index (χ0v) is 36.2. The molecule has 0 heterocycles. The Morgan fingerprint density at radius 2 is 1.04 bits per heavy atom. The quantitative estimate of drug-likeness (QED) is 0.0201. The molecule has 0 spiro atoms. The molecule has 0 bridgehead atoms. The number of carbonyl (C=O) groups excluding carboxylic acids is 3. The highest BCUT2D eigenvalue weighted by Gasteiger charge is 2.21. The van der Waals surface area contributed by atoms with Gasteiger partial charge in [0.2, 0.25) is 0 Å². The van der Waals surface area contributed by atoms with Gasteiger partial charge in [0.25, 0.3) is 0 Å². The standard InChI is InChI=1S/C48H77NO8/c1-6-8-10-12-14-16-18-20-21-22-23-24-25-27-29-31-33-35-37-39-46(51)57-44(43-56-48(47(52)53)54-41-40-49(3,4)5)42-55-45(50)38-36-34-32-30-28-26-19-17-15-13-11-9-7-2/h8,10-11,13-14,16-17,19-21,23-24,27,29,33,35,44,48H,6-7,9,12,15,18,22,25-26,28,30-32,34,36-43H2,1-5H3/b10-8-,13-11-,16-14-,19-17-,21-20-,24-23-,29-27-,35-33-. The molecule has 0 aromatic rings. The summed E-state index contributed by atoms with van der Waals surface area (Å²) in [6.45, 7) is 4.41. The maximum absolute atomic E-state index is 12.7. The third-order valence-corrected chi connectivity index (χ3v) is 8.31. The number of hydrogen-bond acceptors (Lipinski definition) is 8. The molecule has 2 atom stereocenters. The molecular formula is C48H77NO8. The lowest BCUT2D eigenvalue weighted by atomic mass is 10.1. The molecule has 0 aliphatic heterocycles. The Morgan fingerprint density at radius 3 is 1.56 bits per heavy atom. The van der Waals surface area contributed by atoms with Crippen molar-refractivity contribution in [3.8, 4) is 0 Å². The maximum Gasteiger partial charge on any atom is 0.306 e. The first-order valence-corrected chi connectivity index (χ1v) is 21.4. The topological polar surface area (TPSA) is 111 Å². The Labute approximate surface area is 346 Å². The van der Waals surface area contributed by atoms with Gasteiger partial charge in [-0.1, -0.05) is 137 Å². The van der Waals surface area contributed by atoms with E-state index in [1.165, 1.54) is 6.42 Å². The number of carbonyl (C=O) groups is 3. The second-order valence-corrected chi connectivity index (χ2v) is 14.9. The van der Waals surface area contributed by atoms with E-state index in [-0.39, 0.29) is 32.7 Å². The number of unbranched alkanes of at least 4 members (excludes halogenated alkanes) is 6. The van der Waals surface area contributed by atoms with Crippen LogP contribution in [0.25, 0.3) is 0 Å². The van der Waals surface area contributed by atoms with E-state index in [1.54, 1.807) is 0 Å². The fourth-order valence-corrected chi connectivity index (χ4v) is 5.01. The number of rotatable bonds is 37. The molecule has 0 aliphatic rings. The van der Waals surface area contributed by atoms with Gasteiger partial charge in [-0.25, -0.2) is 0 Å². The SMILES string of the molecule is CC/C=C\C/C=C\C/C=C\C/C=C\C/C=C\C/C=C\CCC(=O)OC(COC(=O)CCCCCCC/C=C\C/C=C\CCC)COC(OCC[N+](C)(C)C)C(=O)[O-]. The highest BCUT2D eigenvalue weighted by atomic mass is 16.7. The highest BCUT2D eigenvalue weighted by molar-refractivity contribution is 5.70. The van der Waals surface area contributed by atoms with Crippen molar-refractivity contribution in [2.75, 3.05) is 47.5 Å². The summed E-state index contributed by atoms with van der Waals surface area (Å²) in [5.41, 5.74) is 0. The second kappa shape index (κ2) is 39.1. The minimum atomic E-state index is -1.65. The summed E-state index contributed by atoms with van der Waals surface area (Å²) in [4.78, 5) is 36.9. The van der Waals surface area contributed by atoms with E-state index in [0.29, 0.717) is 23.9 Å². The largest absolute Gasteiger partial charge is 0.545 e. The van der Waals surface area contributed by atoms with Crippen LogP contribution in [0, 0.1) is 0 Å². The summed E-state index contributed by atoms with van der Waals surface area (Å²) in [7, 11) is 5.86.